The first kappa shape index (κ1) is 20.0. The van der Waals surface area contributed by atoms with Gasteiger partial charge in [-0.1, -0.05) is 30.3 Å². The predicted molar refractivity (Wildman–Crippen MR) is 112 cm³/mol. The zero-order chi connectivity index (χ0) is 19.4. The van der Waals surface area contributed by atoms with Crippen LogP contribution in [0.25, 0.3) is 0 Å². The van der Waals surface area contributed by atoms with Gasteiger partial charge in [0.25, 0.3) is 5.91 Å². The molecule has 0 aliphatic carbocycles. The summed E-state index contributed by atoms with van der Waals surface area (Å²) in [7, 11) is 0. The number of rotatable bonds is 5. The van der Waals surface area contributed by atoms with Crippen LogP contribution in [0, 0.1) is 6.92 Å². The highest BCUT2D eigenvalue weighted by Gasteiger charge is 2.25. The molecule has 1 aliphatic heterocycles. The Morgan fingerprint density at radius 3 is 2.70 bits per heavy atom. The van der Waals surface area contributed by atoms with Gasteiger partial charge in [-0.2, -0.15) is 16.9 Å². The van der Waals surface area contributed by atoms with Crippen LogP contribution in [0.4, 0.5) is 0 Å². The minimum atomic E-state index is -0.130. The van der Waals surface area contributed by atoms with Crippen molar-refractivity contribution < 1.29 is 4.79 Å². The van der Waals surface area contributed by atoms with E-state index >= 15 is 0 Å². The fourth-order valence-corrected chi connectivity index (χ4v) is 4.65. The average molecular weight is 387 g/mol. The normalized spacial score (nSPS) is 18.4. The Bertz CT molecular complexity index is 766. The molecule has 0 spiro atoms. The van der Waals surface area contributed by atoms with Gasteiger partial charge in [-0.05, 0) is 33.3 Å². The second kappa shape index (κ2) is 8.48. The van der Waals surface area contributed by atoms with Gasteiger partial charge < -0.3 is 5.32 Å². The molecular weight excluding hydrogens is 356 g/mol. The molecule has 1 fully saturated rings. The van der Waals surface area contributed by atoms with Crippen LogP contribution < -0.4 is 5.32 Å². The molecule has 6 heteroatoms. The smallest absolute Gasteiger partial charge is 0.254 e. The molecule has 1 atom stereocenters. The Hall–Kier alpha value is -1.79. The summed E-state index contributed by atoms with van der Waals surface area (Å²) in [5.74, 6) is 2.17. The highest BCUT2D eigenvalue weighted by molar-refractivity contribution is 7.99. The zero-order valence-corrected chi connectivity index (χ0v) is 17.6. The number of hydrogen-bond acceptors (Lipinski definition) is 4. The van der Waals surface area contributed by atoms with Crippen molar-refractivity contribution in [1.82, 2.24) is 20.0 Å². The number of carbonyl (C=O) groups is 1. The van der Waals surface area contributed by atoms with Gasteiger partial charge in [-0.3, -0.25) is 14.4 Å². The number of nitrogens with one attached hydrogen (secondary N) is 1. The molecule has 0 radical (unpaired) electrons. The van der Waals surface area contributed by atoms with E-state index in [1.807, 2.05) is 29.4 Å². The minimum Gasteiger partial charge on any atom is -0.350 e. The Kier molecular flexibility index (Phi) is 6.27. The SMILES string of the molecule is Cc1c(C(=O)NC[C@@H]2CSCCN2Cc2ccccc2)cnn1C(C)(C)C. The third-order valence-electron chi connectivity index (χ3n) is 4.97. The monoisotopic (exact) mass is 386 g/mol. The van der Waals surface area contributed by atoms with Crippen molar-refractivity contribution in [2.75, 3.05) is 24.6 Å². The van der Waals surface area contributed by atoms with Gasteiger partial charge in [-0.25, -0.2) is 0 Å². The van der Waals surface area contributed by atoms with Crippen LogP contribution >= 0.6 is 11.8 Å². The number of carbonyl (C=O) groups excluding carboxylic acids is 1. The third kappa shape index (κ3) is 4.93. The van der Waals surface area contributed by atoms with Crippen molar-refractivity contribution in [1.29, 1.82) is 0 Å². The fourth-order valence-electron chi connectivity index (χ4n) is 3.52. The lowest BCUT2D eigenvalue weighted by Gasteiger charge is -2.35. The number of aromatic nitrogens is 2. The molecule has 5 nitrogen and oxygen atoms in total. The van der Waals surface area contributed by atoms with Crippen molar-refractivity contribution >= 4 is 17.7 Å². The summed E-state index contributed by atoms with van der Waals surface area (Å²) in [6.45, 7) is 10.9. The predicted octanol–water partition coefficient (Wildman–Crippen LogP) is 3.29. The summed E-state index contributed by atoms with van der Waals surface area (Å²) in [4.78, 5) is 15.2. The maximum atomic E-state index is 12.7. The number of nitrogens with zero attached hydrogens (tertiary/aromatic N) is 3. The maximum absolute atomic E-state index is 12.7. The van der Waals surface area contributed by atoms with E-state index in [0.29, 0.717) is 18.2 Å². The molecule has 2 aromatic rings. The first-order chi connectivity index (χ1) is 12.9. The van der Waals surface area contributed by atoms with Crippen LogP contribution in [0.3, 0.4) is 0 Å². The van der Waals surface area contributed by atoms with Crippen molar-refractivity contribution in [3.63, 3.8) is 0 Å². The molecule has 1 aromatic carbocycles. The van der Waals surface area contributed by atoms with E-state index in [4.69, 9.17) is 0 Å². The first-order valence-electron chi connectivity index (χ1n) is 9.55. The molecule has 0 bridgehead atoms. The standard InChI is InChI=1S/C21H30N4OS/c1-16-19(13-23-25(16)21(2,3)4)20(26)22-12-18-15-27-11-10-24(18)14-17-8-6-5-7-9-17/h5-9,13,18H,10-12,14-15H2,1-4H3,(H,22,26)/t18-/m1/s1. The Morgan fingerprint density at radius 1 is 1.30 bits per heavy atom. The molecule has 27 heavy (non-hydrogen) atoms. The highest BCUT2D eigenvalue weighted by atomic mass is 32.2. The average Bonchev–Trinajstić information content (AvgIpc) is 3.03. The van der Waals surface area contributed by atoms with Crippen molar-refractivity contribution in [3.8, 4) is 0 Å². The second-order valence-corrected chi connectivity index (χ2v) is 9.27. The lowest BCUT2D eigenvalue weighted by Crippen LogP contribution is -2.48. The lowest BCUT2D eigenvalue weighted by molar-refractivity contribution is 0.0934. The van der Waals surface area contributed by atoms with E-state index in [2.05, 4.69) is 60.4 Å². The first-order valence-corrected chi connectivity index (χ1v) is 10.7. The van der Waals surface area contributed by atoms with Gasteiger partial charge in [0.1, 0.15) is 0 Å². The lowest BCUT2D eigenvalue weighted by atomic mass is 10.1. The summed E-state index contributed by atoms with van der Waals surface area (Å²) in [6, 6.07) is 10.9. The van der Waals surface area contributed by atoms with Crippen LogP contribution in [0.2, 0.25) is 0 Å². The molecule has 3 rings (SSSR count). The molecule has 1 amide bonds. The largest absolute Gasteiger partial charge is 0.350 e. The van der Waals surface area contributed by atoms with E-state index in [0.717, 1.165) is 30.3 Å². The Labute approximate surface area is 166 Å². The van der Waals surface area contributed by atoms with Gasteiger partial charge in [-0.15, -0.1) is 0 Å². The molecular formula is C21H30N4OS. The number of hydrogen-bond donors (Lipinski definition) is 1. The van der Waals surface area contributed by atoms with Gasteiger partial charge in [0.15, 0.2) is 0 Å². The molecule has 0 saturated carbocycles. The van der Waals surface area contributed by atoms with E-state index in [1.54, 1.807) is 6.20 Å². The minimum absolute atomic E-state index is 0.0294. The van der Waals surface area contributed by atoms with E-state index < -0.39 is 0 Å². The highest BCUT2D eigenvalue weighted by Crippen LogP contribution is 2.20. The summed E-state index contributed by atoms with van der Waals surface area (Å²) >= 11 is 1.97. The van der Waals surface area contributed by atoms with Gasteiger partial charge >= 0.3 is 0 Å². The van der Waals surface area contributed by atoms with Crippen molar-refractivity contribution in [3.05, 3.63) is 53.3 Å². The summed E-state index contributed by atoms with van der Waals surface area (Å²) in [6.07, 6.45) is 1.69. The Balaban J connectivity index is 1.62. The van der Waals surface area contributed by atoms with Crippen LogP contribution in [-0.4, -0.2) is 51.2 Å². The van der Waals surface area contributed by atoms with Gasteiger partial charge in [0.2, 0.25) is 0 Å². The van der Waals surface area contributed by atoms with Crippen LogP contribution in [0.15, 0.2) is 36.5 Å². The fraction of sp³-hybridized carbons (Fsp3) is 0.524. The molecule has 1 aliphatic rings. The summed E-state index contributed by atoms with van der Waals surface area (Å²) < 4.78 is 1.92. The van der Waals surface area contributed by atoms with Crippen LogP contribution in [0.5, 0.6) is 0 Å². The quantitative estimate of drug-likeness (QED) is 0.857. The van der Waals surface area contributed by atoms with Crippen LogP contribution in [-0.2, 0) is 12.1 Å². The van der Waals surface area contributed by atoms with Crippen LogP contribution in [0.1, 0.15) is 42.4 Å². The second-order valence-electron chi connectivity index (χ2n) is 8.12. The number of amides is 1. The number of thioether (sulfide) groups is 1. The van der Waals surface area contributed by atoms with Gasteiger partial charge in [0, 0.05) is 42.9 Å². The van der Waals surface area contributed by atoms with E-state index in [1.165, 1.54) is 5.56 Å². The number of benzene rings is 1. The maximum Gasteiger partial charge on any atom is 0.254 e. The summed E-state index contributed by atoms with van der Waals surface area (Å²) in [5, 5.41) is 7.56. The van der Waals surface area contributed by atoms with Gasteiger partial charge in [0.05, 0.1) is 17.3 Å². The Morgan fingerprint density at radius 2 is 2.04 bits per heavy atom. The molecule has 146 valence electrons. The molecule has 1 N–H and O–H groups in total. The molecule has 1 saturated heterocycles. The van der Waals surface area contributed by atoms with Crippen molar-refractivity contribution in [2.24, 2.45) is 0 Å². The topological polar surface area (TPSA) is 50.2 Å². The molecule has 1 aromatic heterocycles. The summed E-state index contributed by atoms with van der Waals surface area (Å²) in [5.41, 5.74) is 2.78. The zero-order valence-electron chi connectivity index (χ0n) is 16.7. The van der Waals surface area contributed by atoms with E-state index in [9.17, 15) is 4.79 Å². The van der Waals surface area contributed by atoms with Crippen molar-refractivity contribution in [2.45, 2.75) is 45.8 Å². The molecule has 0 unspecified atom stereocenters. The van der Waals surface area contributed by atoms with E-state index in [-0.39, 0.29) is 11.4 Å². The molecule has 2 heterocycles. The third-order valence-corrected chi connectivity index (χ3v) is 6.06.